The highest BCUT2D eigenvalue weighted by atomic mass is 32.2. The van der Waals surface area contributed by atoms with Crippen LogP contribution in [0.2, 0.25) is 0 Å². The van der Waals surface area contributed by atoms with Crippen molar-refractivity contribution in [1.82, 2.24) is 10.3 Å². The van der Waals surface area contributed by atoms with E-state index in [-0.39, 0.29) is 12.7 Å². The predicted octanol–water partition coefficient (Wildman–Crippen LogP) is 3.81. The Hall–Kier alpha value is -1.95. The first kappa shape index (κ1) is 16.5. The van der Waals surface area contributed by atoms with Crippen LogP contribution in [0.4, 0.5) is 0 Å². The first-order valence-corrected chi connectivity index (χ1v) is 9.81. The van der Waals surface area contributed by atoms with Crippen molar-refractivity contribution < 1.29 is 14.3 Å². The van der Waals surface area contributed by atoms with Gasteiger partial charge in [-0.25, -0.2) is 4.98 Å². The largest absolute Gasteiger partial charge is 0.454 e. The Kier molecular flexibility index (Phi) is 4.70. The number of rotatable bonds is 4. The third-order valence-electron chi connectivity index (χ3n) is 4.76. The van der Waals surface area contributed by atoms with Crippen LogP contribution in [0.5, 0.6) is 11.5 Å². The molecule has 1 fully saturated rings. The average molecular weight is 358 g/mol. The van der Waals surface area contributed by atoms with Crippen LogP contribution in [-0.2, 0) is 4.79 Å². The first-order valence-electron chi connectivity index (χ1n) is 8.82. The van der Waals surface area contributed by atoms with Crippen molar-refractivity contribution in [2.75, 3.05) is 12.5 Å². The van der Waals surface area contributed by atoms with E-state index in [1.807, 2.05) is 19.1 Å². The maximum Gasteiger partial charge on any atom is 0.231 e. The molecule has 1 aromatic carbocycles. The number of nitrogens with one attached hydrogen (secondary N) is 1. The number of amides is 1. The second-order valence-electron chi connectivity index (χ2n) is 6.70. The summed E-state index contributed by atoms with van der Waals surface area (Å²) < 4.78 is 10.8. The van der Waals surface area contributed by atoms with Crippen molar-refractivity contribution >= 4 is 28.6 Å². The maximum absolute atomic E-state index is 12.2. The number of fused-ring (bicyclic) bond motifs is 2. The Morgan fingerprint density at radius 3 is 2.76 bits per heavy atom. The summed E-state index contributed by atoms with van der Waals surface area (Å²) >= 11 is 1.50. The third-order valence-corrected chi connectivity index (χ3v) is 5.86. The normalized spacial score (nSPS) is 17.0. The van der Waals surface area contributed by atoms with Crippen molar-refractivity contribution in [1.29, 1.82) is 0 Å². The number of pyridine rings is 1. The fourth-order valence-corrected chi connectivity index (χ4v) is 4.25. The minimum Gasteiger partial charge on any atom is -0.454 e. The van der Waals surface area contributed by atoms with E-state index in [0.717, 1.165) is 45.8 Å². The number of nitrogens with zero attached hydrogens (tertiary/aromatic N) is 1. The third kappa shape index (κ3) is 3.68. The maximum atomic E-state index is 12.2. The van der Waals surface area contributed by atoms with Crippen LogP contribution < -0.4 is 14.8 Å². The predicted molar refractivity (Wildman–Crippen MR) is 98.3 cm³/mol. The number of benzene rings is 1. The molecule has 6 heteroatoms. The van der Waals surface area contributed by atoms with Gasteiger partial charge in [-0.05, 0) is 37.5 Å². The van der Waals surface area contributed by atoms with Crippen LogP contribution in [-0.4, -0.2) is 29.5 Å². The molecule has 4 rings (SSSR count). The zero-order valence-electron chi connectivity index (χ0n) is 14.3. The highest BCUT2D eigenvalue weighted by Gasteiger charge is 2.18. The van der Waals surface area contributed by atoms with Crippen molar-refractivity contribution in [2.24, 2.45) is 0 Å². The molecule has 0 bridgehead atoms. The Bertz CT molecular complexity index is 803. The molecule has 2 aromatic rings. The molecule has 1 N–H and O–H groups in total. The van der Waals surface area contributed by atoms with Gasteiger partial charge >= 0.3 is 0 Å². The lowest BCUT2D eigenvalue weighted by atomic mass is 9.95. The molecule has 0 radical (unpaired) electrons. The van der Waals surface area contributed by atoms with Gasteiger partial charge in [-0.15, -0.1) is 0 Å². The van der Waals surface area contributed by atoms with Gasteiger partial charge in [0.05, 0.1) is 11.3 Å². The molecule has 0 spiro atoms. The molecule has 5 nitrogen and oxygen atoms in total. The first-order chi connectivity index (χ1) is 12.2. The molecule has 0 atom stereocenters. The number of thioether (sulfide) groups is 1. The van der Waals surface area contributed by atoms with Crippen LogP contribution in [0, 0.1) is 6.92 Å². The second-order valence-corrected chi connectivity index (χ2v) is 7.66. The van der Waals surface area contributed by atoms with Crippen LogP contribution in [0.1, 0.15) is 37.7 Å². The van der Waals surface area contributed by atoms with E-state index >= 15 is 0 Å². The summed E-state index contributed by atoms with van der Waals surface area (Å²) in [4.78, 5) is 16.9. The van der Waals surface area contributed by atoms with Gasteiger partial charge in [-0.3, -0.25) is 4.79 Å². The molecule has 2 heterocycles. The van der Waals surface area contributed by atoms with Gasteiger partial charge in [0.1, 0.15) is 5.03 Å². The Morgan fingerprint density at radius 1 is 1.20 bits per heavy atom. The van der Waals surface area contributed by atoms with Gasteiger partial charge in [0.25, 0.3) is 0 Å². The van der Waals surface area contributed by atoms with E-state index in [4.69, 9.17) is 14.5 Å². The number of hydrogen-bond donors (Lipinski definition) is 1. The van der Waals surface area contributed by atoms with E-state index in [9.17, 15) is 4.79 Å². The average Bonchev–Trinajstić information content (AvgIpc) is 3.06. The SMILES string of the molecule is Cc1cc2cc3c(cc2nc1SCC(=O)NC1CCCCC1)OCO3. The van der Waals surface area contributed by atoms with Crippen molar-refractivity contribution in [3.8, 4) is 11.5 Å². The highest BCUT2D eigenvalue weighted by molar-refractivity contribution is 7.99. The molecule has 0 saturated heterocycles. The molecule has 1 amide bonds. The van der Waals surface area contributed by atoms with Crippen molar-refractivity contribution in [2.45, 2.75) is 50.1 Å². The zero-order valence-corrected chi connectivity index (χ0v) is 15.2. The van der Waals surface area contributed by atoms with Crippen LogP contribution >= 0.6 is 11.8 Å². The standard InChI is InChI=1S/C19H22N2O3S/c1-12-7-13-8-16-17(24-11-23-16)9-15(13)21-19(12)25-10-18(22)20-14-5-3-2-4-6-14/h7-9,14H,2-6,10-11H2,1H3,(H,20,22). The fraction of sp³-hybridized carbons (Fsp3) is 0.474. The van der Waals surface area contributed by atoms with Gasteiger partial charge in [0.15, 0.2) is 11.5 Å². The topological polar surface area (TPSA) is 60.5 Å². The quantitative estimate of drug-likeness (QED) is 0.842. The molecule has 1 aliphatic heterocycles. The lowest BCUT2D eigenvalue weighted by Gasteiger charge is -2.22. The molecule has 0 unspecified atom stereocenters. The summed E-state index contributed by atoms with van der Waals surface area (Å²) in [5, 5.41) is 5.08. The number of aryl methyl sites for hydroxylation is 1. The van der Waals surface area contributed by atoms with Gasteiger partial charge in [-0.1, -0.05) is 31.0 Å². The van der Waals surface area contributed by atoms with Crippen LogP contribution in [0.25, 0.3) is 10.9 Å². The molecule has 1 aromatic heterocycles. The number of carbonyl (C=O) groups is 1. The van der Waals surface area contributed by atoms with Gasteiger partial charge < -0.3 is 14.8 Å². The summed E-state index contributed by atoms with van der Waals surface area (Å²) in [5.74, 6) is 2.00. The summed E-state index contributed by atoms with van der Waals surface area (Å²) in [6, 6.07) is 6.31. The number of hydrogen-bond acceptors (Lipinski definition) is 5. The summed E-state index contributed by atoms with van der Waals surface area (Å²) in [7, 11) is 0. The summed E-state index contributed by atoms with van der Waals surface area (Å²) in [6.45, 7) is 2.28. The van der Waals surface area contributed by atoms with Gasteiger partial charge in [-0.2, -0.15) is 0 Å². The smallest absolute Gasteiger partial charge is 0.231 e. The van der Waals surface area contributed by atoms with E-state index in [1.165, 1.54) is 31.0 Å². The van der Waals surface area contributed by atoms with Crippen LogP contribution in [0.15, 0.2) is 23.2 Å². The molecular weight excluding hydrogens is 336 g/mol. The van der Waals surface area contributed by atoms with Crippen molar-refractivity contribution in [3.63, 3.8) is 0 Å². The molecular formula is C19H22N2O3S. The molecule has 25 heavy (non-hydrogen) atoms. The molecule has 1 saturated carbocycles. The van der Waals surface area contributed by atoms with E-state index in [2.05, 4.69) is 11.4 Å². The summed E-state index contributed by atoms with van der Waals surface area (Å²) in [5.41, 5.74) is 1.94. The monoisotopic (exact) mass is 358 g/mol. The van der Waals surface area contributed by atoms with Gasteiger partial charge in [0, 0.05) is 17.5 Å². The second kappa shape index (κ2) is 7.12. The zero-order chi connectivity index (χ0) is 17.2. The fourth-order valence-electron chi connectivity index (χ4n) is 3.45. The number of carbonyl (C=O) groups excluding carboxylic acids is 1. The number of ether oxygens (including phenoxy) is 2. The lowest BCUT2D eigenvalue weighted by molar-refractivity contribution is -0.119. The van der Waals surface area contributed by atoms with Crippen LogP contribution in [0.3, 0.4) is 0 Å². The van der Waals surface area contributed by atoms with E-state index in [0.29, 0.717) is 11.8 Å². The number of aromatic nitrogens is 1. The minimum absolute atomic E-state index is 0.101. The lowest BCUT2D eigenvalue weighted by Crippen LogP contribution is -2.37. The Balaban J connectivity index is 1.44. The molecule has 132 valence electrons. The van der Waals surface area contributed by atoms with E-state index < -0.39 is 0 Å². The van der Waals surface area contributed by atoms with Crippen molar-refractivity contribution in [3.05, 3.63) is 23.8 Å². The highest BCUT2D eigenvalue weighted by Crippen LogP contribution is 2.36. The van der Waals surface area contributed by atoms with Gasteiger partial charge in [0.2, 0.25) is 12.7 Å². The van der Waals surface area contributed by atoms with E-state index in [1.54, 1.807) is 0 Å². The summed E-state index contributed by atoms with van der Waals surface area (Å²) in [6.07, 6.45) is 5.95. The Labute approximate surface area is 151 Å². The molecule has 2 aliphatic rings. The Morgan fingerprint density at radius 2 is 1.96 bits per heavy atom. The molecule has 1 aliphatic carbocycles. The minimum atomic E-state index is 0.101.